The summed E-state index contributed by atoms with van der Waals surface area (Å²) in [5, 5.41) is 5.85. The van der Waals surface area contributed by atoms with Gasteiger partial charge in [-0.25, -0.2) is 4.39 Å². The molecule has 1 heterocycles. The van der Waals surface area contributed by atoms with E-state index in [4.69, 9.17) is 0 Å². The molecule has 4 nitrogen and oxygen atoms in total. The van der Waals surface area contributed by atoms with E-state index in [1.807, 2.05) is 18.2 Å². The van der Waals surface area contributed by atoms with Crippen LogP contribution in [0.25, 0.3) is 0 Å². The molecule has 0 aliphatic rings. The predicted octanol–water partition coefficient (Wildman–Crippen LogP) is 1.67. The Morgan fingerprint density at radius 1 is 1.14 bits per heavy atom. The number of hydrogen-bond acceptors (Lipinski definition) is 3. The van der Waals surface area contributed by atoms with Crippen molar-refractivity contribution in [1.82, 2.24) is 15.6 Å². The highest BCUT2D eigenvalue weighted by Gasteiger charge is 2.01. The van der Waals surface area contributed by atoms with Crippen LogP contribution in [0, 0.1) is 5.82 Å². The molecule has 5 heteroatoms. The molecule has 1 aromatic heterocycles. The first-order valence-corrected chi connectivity index (χ1v) is 6.86. The number of halogens is 1. The molecule has 0 spiro atoms. The number of pyridine rings is 1. The van der Waals surface area contributed by atoms with Gasteiger partial charge in [0.1, 0.15) is 5.82 Å². The highest BCUT2D eigenvalue weighted by Crippen LogP contribution is 2.02. The Kier molecular flexibility index (Phi) is 5.84. The lowest BCUT2D eigenvalue weighted by atomic mass is 10.1. The minimum absolute atomic E-state index is 0.0620. The minimum Gasteiger partial charge on any atom is -0.355 e. The average Bonchev–Trinajstić information content (AvgIpc) is 2.50. The summed E-state index contributed by atoms with van der Waals surface area (Å²) in [7, 11) is 0. The van der Waals surface area contributed by atoms with Gasteiger partial charge in [-0.15, -0.1) is 0 Å². The largest absolute Gasteiger partial charge is 0.355 e. The lowest BCUT2D eigenvalue weighted by Gasteiger charge is -2.06. The number of carbonyl (C=O) groups excluding carboxylic acids is 1. The van der Waals surface area contributed by atoms with E-state index in [1.54, 1.807) is 18.3 Å². The van der Waals surface area contributed by atoms with Crippen LogP contribution >= 0.6 is 0 Å². The van der Waals surface area contributed by atoms with Crippen LogP contribution in [-0.2, 0) is 17.8 Å². The van der Waals surface area contributed by atoms with Gasteiger partial charge in [-0.1, -0.05) is 18.2 Å². The Hall–Kier alpha value is -2.27. The minimum atomic E-state index is -0.249. The van der Waals surface area contributed by atoms with Gasteiger partial charge in [0, 0.05) is 19.3 Å². The summed E-state index contributed by atoms with van der Waals surface area (Å²) in [5.41, 5.74) is 1.90. The van der Waals surface area contributed by atoms with Crippen LogP contribution in [0.4, 0.5) is 4.39 Å². The fourth-order valence-electron chi connectivity index (χ4n) is 1.87. The van der Waals surface area contributed by atoms with E-state index in [9.17, 15) is 9.18 Å². The normalized spacial score (nSPS) is 10.3. The Labute approximate surface area is 123 Å². The number of rotatable bonds is 7. The lowest BCUT2D eigenvalue weighted by molar-refractivity contribution is -0.120. The topological polar surface area (TPSA) is 54.0 Å². The Bertz CT molecular complexity index is 557. The summed E-state index contributed by atoms with van der Waals surface area (Å²) >= 11 is 0. The van der Waals surface area contributed by atoms with Crippen LogP contribution in [0.5, 0.6) is 0 Å². The zero-order valence-electron chi connectivity index (χ0n) is 11.7. The van der Waals surface area contributed by atoms with E-state index < -0.39 is 0 Å². The number of amides is 1. The van der Waals surface area contributed by atoms with Gasteiger partial charge in [0.15, 0.2) is 0 Å². The second kappa shape index (κ2) is 8.11. The summed E-state index contributed by atoms with van der Waals surface area (Å²) in [6.45, 7) is 1.35. The number of aromatic nitrogens is 1. The molecule has 21 heavy (non-hydrogen) atoms. The zero-order valence-corrected chi connectivity index (χ0v) is 11.7. The maximum atomic E-state index is 12.7. The van der Waals surface area contributed by atoms with Gasteiger partial charge in [-0.3, -0.25) is 9.78 Å². The monoisotopic (exact) mass is 287 g/mol. The molecule has 0 saturated heterocycles. The van der Waals surface area contributed by atoms with E-state index in [0.29, 0.717) is 19.5 Å². The predicted molar refractivity (Wildman–Crippen MR) is 79.1 cm³/mol. The van der Waals surface area contributed by atoms with E-state index in [-0.39, 0.29) is 18.3 Å². The van der Waals surface area contributed by atoms with Gasteiger partial charge in [0.2, 0.25) is 5.91 Å². The number of benzene rings is 1. The van der Waals surface area contributed by atoms with Gasteiger partial charge in [0.25, 0.3) is 0 Å². The summed E-state index contributed by atoms with van der Waals surface area (Å²) in [5.74, 6) is -0.311. The quantitative estimate of drug-likeness (QED) is 0.814. The molecule has 2 rings (SSSR count). The van der Waals surface area contributed by atoms with Crippen LogP contribution < -0.4 is 10.6 Å². The van der Waals surface area contributed by atoms with Gasteiger partial charge < -0.3 is 10.6 Å². The SMILES string of the molecule is O=C(CNCc1ccccn1)NCCc1ccc(F)cc1. The molecule has 0 aliphatic heterocycles. The van der Waals surface area contributed by atoms with Crippen molar-refractivity contribution in [2.45, 2.75) is 13.0 Å². The van der Waals surface area contributed by atoms with Crippen molar-refractivity contribution in [1.29, 1.82) is 0 Å². The summed E-state index contributed by atoms with van der Waals surface area (Å²) in [6.07, 6.45) is 2.41. The number of nitrogens with zero attached hydrogens (tertiary/aromatic N) is 1. The third kappa shape index (κ3) is 5.71. The molecule has 2 N–H and O–H groups in total. The molecular weight excluding hydrogens is 269 g/mol. The van der Waals surface area contributed by atoms with Crippen LogP contribution in [-0.4, -0.2) is 24.0 Å². The van der Waals surface area contributed by atoms with Gasteiger partial charge in [0.05, 0.1) is 12.2 Å². The van der Waals surface area contributed by atoms with E-state index in [1.165, 1.54) is 12.1 Å². The first-order valence-electron chi connectivity index (χ1n) is 6.86. The molecule has 0 radical (unpaired) electrons. The van der Waals surface area contributed by atoms with Crippen LogP contribution in [0.1, 0.15) is 11.3 Å². The molecule has 1 aromatic carbocycles. The maximum absolute atomic E-state index is 12.7. The van der Waals surface area contributed by atoms with Crippen molar-refractivity contribution in [2.75, 3.05) is 13.1 Å². The Morgan fingerprint density at radius 2 is 1.95 bits per heavy atom. The second-order valence-corrected chi connectivity index (χ2v) is 4.65. The van der Waals surface area contributed by atoms with Crippen molar-refractivity contribution in [3.8, 4) is 0 Å². The first-order chi connectivity index (χ1) is 10.2. The summed E-state index contributed by atoms with van der Waals surface area (Å²) < 4.78 is 12.7. The van der Waals surface area contributed by atoms with Gasteiger partial charge >= 0.3 is 0 Å². The van der Waals surface area contributed by atoms with Crippen molar-refractivity contribution in [2.24, 2.45) is 0 Å². The highest BCUT2D eigenvalue weighted by molar-refractivity contribution is 5.77. The number of carbonyl (C=O) groups is 1. The average molecular weight is 287 g/mol. The molecule has 2 aromatic rings. The van der Waals surface area contributed by atoms with Crippen molar-refractivity contribution < 1.29 is 9.18 Å². The molecular formula is C16H18FN3O. The van der Waals surface area contributed by atoms with Crippen LogP contribution in [0.15, 0.2) is 48.7 Å². The van der Waals surface area contributed by atoms with Crippen molar-refractivity contribution >= 4 is 5.91 Å². The van der Waals surface area contributed by atoms with Crippen LogP contribution in [0.2, 0.25) is 0 Å². The second-order valence-electron chi connectivity index (χ2n) is 4.65. The standard InChI is InChI=1S/C16H18FN3O/c17-14-6-4-13(5-7-14)8-10-20-16(21)12-18-11-15-3-1-2-9-19-15/h1-7,9,18H,8,10-12H2,(H,20,21). The molecule has 1 amide bonds. The van der Waals surface area contributed by atoms with Crippen LogP contribution in [0.3, 0.4) is 0 Å². The fourth-order valence-corrected chi connectivity index (χ4v) is 1.87. The number of hydrogen-bond donors (Lipinski definition) is 2. The smallest absolute Gasteiger partial charge is 0.233 e. The molecule has 0 atom stereocenters. The molecule has 0 aliphatic carbocycles. The van der Waals surface area contributed by atoms with Crippen molar-refractivity contribution in [3.63, 3.8) is 0 Å². The molecule has 0 fully saturated rings. The molecule has 0 unspecified atom stereocenters. The lowest BCUT2D eigenvalue weighted by Crippen LogP contribution is -2.34. The van der Waals surface area contributed by atoms with Gasteiger partial charge in [-0.2, -0.15) is 0 Å². The maximum Gasteiger partial charge on any atom is 0.233 e. The molecule has 0 saturated carbocycles. The van der Waals surface area contributed by atoms with E-state index >= 15 is 0 Å². The zero-order chi connectivity index (χ0) is 14.9. The van der Waals surface area contributed by atoms with Gasteiger partial charge in [-0.05, 0) is 36.2 Å². The van der Waals surface area contributed by atoms with E-state index in [0.717, 1.165) is 11.3 Å². The third-order valence-corrected chi connectivity index (χ3v) is 2.97. The van der Waals surface area contributed by atoms with E-state index in [2.05, 4.69) is 15.6 Å². The third-order valence-electron chi connectivity index (χ3n) is 2.97. The van der Waals surface area contributed by atoms with Crippen molar-refractivity contribution in [3.05, 3.63) is 65.7 Å². The fraction of sp³-hybridized carbons (Fsp3) is 0.250. The first kappa shape index (κ1) is 15.1. The summed E-state index contributed by atoms with van der Waals surface area (Å²) in [4.78, 5) is 15.8. The Morgan fingerprint density at radius 3 is 2.67 bits per heavy atom. The molecule has 110 valence electrons. The highest BCUT2D eigenvalue weighted by atomic mass is 19.1. The Balaban J connectivity index is 1.60. The molecule has 0 bridgehead atoms. The summed E-state index contributed by atoms with van der Waals surface area (Å²) in [6, 6.07) is 12.0. The number of nitrogens with one attached hydrogen (secondary N) is 2.